The molecule has 0 fully saturated rings. The monoisotopic (exact) mass is 431 g/mol. The van der Waals surface area contributed by atoms with Gasteiger partial charge in [0.2, 0.25) is 0 Å². The van der Waals surface area contributed by atoms with Crippen LogP contribution < -0.4 is 14.2 Å². The Kier molecular flexibility index (Phi) is 7.21. The van der Waals surface area contributed by atoms with Crippen molar-refractivity contribution in [3.63, 3.8) is 0 Å². The van der Waals surface area contributed by atoms with Crippen molar-refractivity contribution in [1.29, 1.82) is 0 Å². The van der Waals surface area contributed by atoms with Gasteiger partial charge in [0.15, 0.2) is 11.5 Å². The van der Waals surface area contributed by atoms with Crippen molar-refractivity contribution in [2.45, 2.75) is 27.7 Å². The zero-order chi connectivity index (χ0) is 23.3. The third-order valence-corrected chi connectivity index (χ3v) is 5.35. The molecular formula is C27H29NO4. The summed E-state index contributed by atoms with van der Waals surface area (Å²) in [5.74, 6) is 2.72. The first-order valence-corrected chi connectivity index (χ1v) is 10.3. The number of methoxy groups -OCH3 is 2. The Bertz CT molecular complexity index is 1220. The zero-order valence-electron chi connectivity index (χ0n) is 19.4. The number of pyridine rings is 1. The second-order valence-corrected chi connectivity index (χ2v) is 7.69. The van der Waals surface area contributed by atoms with Crippen molar-refractivity contribution >= 4 is 16.5 Å². The minimum absolute atomic E-state index is 0.205. The van der Waals surface area contributed by atoms with Gasteiger partial charge in [-0.1, -0.05) is 29.4 Å². The summed E-state index contributed by atoms with van der Waals surface area (Å²) in [6.45, 7) is 8.18. The fourth-order valence-electron chi connectivity index (χ4n) is 3.14. The first-order chi connectivity index (χ1) is 15.3. The van der Waals surface area contributed by atoms with Crippen LogP contribution in [0.3, 0.4) is 0 Å². The van der Waals surface area contributed by atoms with Crippen LogP contribution in [0.5, 0.6) is 23.0 Å². The van der Waals surface area contributed by atoms with Crippen molar-refractivity contribution in [1.82, 2.24) is 4.98 Å². The van der Waals surface area contributed by atoms with Gasteiger partial charge in [0, 0.05) is 17.6 Å². The molecular weight excluding hydrogens is 402 g/mol. The molecule has 0 radical (unpaired) electrons. The molecule has 0 bridgehead atoms. The minimum Gasteiger partial charge on any atom is -0.508 e. The van der Waals surface area contributed by atoms with Gasteiger partial charge in [-0.3, -0.25) is 4.98 Å². The van der Waals surface area contributed by atoms with Crippen molar-refractivity contribution < 1.29 is 19.3 Å². The molecule has 0 aliphatic rings. The van der Waals surface area contributed by atoms with Crippen LogP contribution in [-0.2, 0) is 0 Å². The highest BCUT2D eigenvalue weighted by Gasteiger charge is 2.13. The SMILES string of the molecule is COc1cc2nccc(OC(/C=C\C(C)=C(C)C)=C(/C)c3cccc(O)c3)c2cc1OC. The van der Waals surface area contributed by atoms with Gasteiger partial charge in [-0.2, -0.15) is 0 Å². The molecule has 5 heteroatoms. The number of hydrogen-bond donors (Lipinski definition) is 1. The van der Waals surface area contributed by atoms with Gasteiger partial charge in [0.25, 0.3) is 0 Å². The molecule has 0 aliphatic heterocycles. The van der Waals surface area contributed by atoms with Crippen LogP contribution in [0.1, 0.15) is 33.3 Å². The molecule has 0 amide bonds. The highest BCUT2D eigenvalue weighted by atomic mass is 16.5. The molecule has 3 aromatic rings. The number of aromatic nitrogens is 1. The molecule has 0 atom stereocenters. The van der Waals surface area contributed by atoms with E-state index >= 15 is 0 Å². The molecule has 166 valence electrons. The normalized spacial score (nSPS) is 11.9. The summed E-state index contributed by atoms with van der Waals surface area (Å²) in [5, 5.41) is 10.8. The highest BCUT2D eigenvalue weighted by molar-refractivity contribution is 5.88. The van der Waals surface area contributed by atoms with Crippen LogP contribution in [0, 0.1) is 0 Å². The predicted molar refractivity (Wildman–Crippen MR) is 129 cm³/mol. The third kappa shape index (κ3) is 5.11. The summed E-state index contributed by atoms with van der Waals surface area (Å²) in [4.78, 5) is 4.46. The number of fused-ring (bicyclic) bond motifs is 1. The van der Waals surface area contributed by atoms with Gasteiger partial charge in [0.05, 0.1) is 19.7 Å². The summed E-state index contributed by atoms with van der Waals surface area (Å²) in [5.41, 5.74) is 4.88. The first-order valence-electron chi connectivity index (χ1n) is 10.3. The largest absolute Gasteiger partial charge is 0.508 e. The Morgan fingerprint density at radius 1 is 0.875 bits per heavy atom. The highest BCUT2D eigenvalue weighted by Crippen LogP contribution is 2.36. The lowest BCUT2D eigenvalue weighted by atomic mass is 10.0. The molecule has 5 nitrogen and oxygen atoms in total. The maximum atomic E-state index is 9.95. The Hall–Kier alpha value is -3.73. The van der Waals surface area contributed by atoms with E-state index in [9.17, 15) is 5.11 Å². The number of phenols is 1. The number of rotatable bonds is 7. The molecule has 2 aromatic carbocycles. The topological polar surface area (TPSA) is 60.8 Å². The van der Waals surface area contributed by atoms with Gasteiger partial charge in [-0.25, -0.2) is 0 Å². The molecule has 1 aromatic heterocycles. The van der Waals surface area contributed by atoms with E-state index in [2.05, 4.69) is 25.8 Å². The molecule has 0 aliphatic carbocycles. The second-order valence-electron chi connectivity index (χ2n) is 7.69. The third-order valence-electron chi connectivity index (χ3n) is 5.35. The molecule has 1 heterocycles. The van der Waals surface area contributed by atoms with Gasteiger partial charge < -0.3 is 19.3 Å². The summed E-state index contributed by atoms with van der Waals surface area (Å²) in [7, 11) is 3.20. The number of phenolic OH excluding ortho intramolecular Hbond substituents is 1. The molecule has 3 rings (SSSR count). The lowest BCUT2D eigenvalue weighted by molar-refractivity contribution is 0.355. The number of ether oxygens (including phenoxy) is 3. The van der Waals surface area contributed by atoms with Gasteiger partial charge in [-0.05, 0) is 69.2 Å². The Morgan fingerprint density at radius 2 is 1.59 bits per heavy atom. The maximum absolute atomic E-state index is 9.95. The molecule has 0 unspecified atom stereocenters. The molecule has 1 N–H and O–H groups in total. The van der Waals surface area contributed by atoms with E-state index < -0.39 is 0 Å². The molecule has 0 saturated carbocycles. The van der Waals surface area contributed by atoms with E-state index in [1.807, 2.05) is 49.4 Å². The van der Waals surface area contributed by atoms with Crippen molar-refractivity contribution in [2.24, 2.45) is 0 Å². The number of allylic oxidation sites excluding steroid dienone is 5. The minimum atomic E-state index is 0.205. The van der Waals surface area contributed by atoms with Crippen LogP contribution in [0.4, 0.5) is 0 Å². The Morgan fingerprint density at radius 3 is 2.25 bits per heavy atom. The quantitative estimate of drug-likeness (QED) is 0.334. The van der Waals surface area contributed by atoms with E-state index in [4.69, 9.17) is 14.2 Å². The first kappa shape index (κ1) is 22.9. The van der Waals surface area contributed by atoms with Gasteiger partial charge in [0.1, 0.15) is 17.3 Å². The predicted octanol–water partition coefficient (Wildman–Crippen LogP) is 6.68. The van der Waals surface area contributed by atoms with E-state index in [1.54, 1.807) is 32.5 Å². The number of benzene rings is 2. The van der Waals surface area contributed by atoms with Crippen LogP contribution in [0.2, 0.25) is 0 Å². The van der Waals surface area contributed by atoms with E-state index in [-0.39, 0.29) is 5.75 Å². The second kappa shape index (κ2) is 10.1. The van der Waals surface area contributed by atoms with Crippen molar-refractivity contribution in [2.75, 3.05) is 14.2 Å². The number of aromatic hydroxyl groups is 1. The molecule has 32 heavy (non-hydrogen) atoms. The fraction of sp³-hybridized carbons (Fsp3) is 0.222. The lowest BCUT2D eigenvalue weighted by Crippen LogP contribution is -1.99. The fourth-order valence-corrected chi connectivity index (χ4v) is 3.14. The van der Waals surface area contributed by atoms with E-state index in [1.165, 1.54) is 5.57 Å². The lowest BCUT2D eigenvalue weighted by Gasteiger charge is -2.15. The van der Waals surface area contributed by atoms with Crippen LogP contribution in [0.15, 0.2) is 77.7 Å². The van der Waals surface area contributed by atoms with Gasteiger partial charge in [-0.15, -0.1) is 0 Å². The summed E-state index contributed by atoms with van der Waals surface area (Å²) < 4.78 is 17.3. The van der Waals surface area contributed by atoms with Crippen LogP contribution >= 0.6 is 0 Å². The van der Waals surface area contributed by atoms with Crippen molar-refractivity contribution in [3.8, 4) is 23.0 Å². The molecule has 0 saturated heterocycles. The smallest absolute Gasteiger partial charge is 0.162 e. The maximum Gasteiger partial charge on any atom is 0.162 e. The zero-order valence-corrected chi connectivity index (χ0v) is 19.4. The standard InChI is InChI=1S/C27H29NO4/c1-17(2)18(3)10-11-24(19(4)20-8-7-9-21(29)14-20)32-25-12-13-28-23-16-27(31-6)26(30-5)15-22(23)25/h7-16,29H,1-6H3/b11-10-,24-19-. The van der Waals surface area contributed by atoms with Gasteiger partial charge >= 0.3 is 0 Å². The summed E-state index contributed by atoms with van der Waals surface area (Å²) >= 11 is 0. The average Bonchev–Trinajstić information content (AvgIpc) is 2.80. The summed E-state index contributed by atoms with van der Waals surface area (Å²) in [6, 6.07) is 12.6. The summed E-state index contributed by atoms with van der Waals surface area (Å²) in [6.07, 6.45) is 5.69. The van der Waals surface area contributed by atoms with Crippen LogP contribution in [0.25, 0.3) is 16.5 Å². The molecule has 0 spiro atoms. The Balaban J connectivity index is 2.16. The number of hydrogen-bond acceptors (Lipinski definition) is 5. The average molecular weight is 432 g/mol. The number of nitrogens with zero attached hydrogens (tertiary/aromatic N) is 1. The van der Waals surface area contributed by atoms with E-state index in [0.29, 0.717) is 23.0 Å². The van der Waals surface area contributed by atoms with Crippen molar-refractivity contribution in [3.05, 3.63) is 83.3 Å². The Labute approximate surface area is 189 Å². The van der Waals surface area contributed by atoms with E-state index in [0.717, 1.165) is 27.6 Å². The van der Waals surface area contributed by atoms with Crippen LogP contribution in [-0.4, -0.2) is 24.3 Å².